The molecule has 1 aromatic heterocycles. The van der Waals surface area contributed by atoms with Crippen LogP contribution in [0.5, 0.6) is 5.75 Å². The van der Waals surface area contributed by atoms with E-state index in [1.165, 1.54) is 13.5 Å². The summed E-state index contributed by atoms with van der Waals surface area (Å²) in [5.41, 5.74) is 3.91. The average molecular weight is 440 g/mol. The summed E-state index contributed by atoms with van der Waals surface area (Å²) in [5, 5.41) is 3.40. The van der Waals surface area contributed by atoms with Crippen LogP contribution in [0.15, 0.2) is 18.3 Å². The predicted molar refractivity (Wildman–Crippen MR) is 125 cm³/mol. The fourth-order valence-electron chi connectivity index (χ4n) is 4.92. The third-order valence-corrected chi connectivity index (χ3v) is 6.98. The van der Waals surface area contributed by atoms with Gasteiger partial charge in [-0.05, 0) is 51.2 Å². The van der Waals surface area contributed by atoms with Crippen LogP contribution < -0.4 is 19.9 Å². The maximum absolute atomic E-state index is 12.6. The number of rotatable bonds is 4. The van der Waals surface area contributed by atoms with Crippen molar-refractivity contribution < 1.29 is 14.3 Å². The molecule has 2 aromatic rings. The van der Waals surface area contributed by atoms with Crippen molar-refractivity contribution in [3.05, 3.63) is 23.9 Å². The SMILES string of the molecule is COC(=O)N1c2ccc(-c3cn(C)c(N4CCNCC4)n3)c(OC3CCC3)c2CCC1C. The van der Waals surface area contributed by atoms with Crippen LogP contribution in [0.4, 0.5) is 16.4 Å². The van der Waals surface area contributed by atoms with Gasteiger partial charge in [-0.2, -0.15) is 0 Å². The number of carbonyl (C=O) groups is 1. The third kappa shape index (κ3) is 3.70. The first-order valence-electron chi connectivity index (χ1n) is 11.8. The Balaban J connectivity index is 1.57. The second-order valence-electron chi connectivity index (χ2n) is 9.11. The molecule has 0 radical (unpaired) electrons. The van der Waals surface area contributed by atoms with Gasteiger partial charge in [0.2, 0.25) is 5.95 Å². The summed E-state index contributed by atoms with van der Waals surface area (Å²) in [6.07, 6.45) is 7.12. The van der Waals surface area contributed by atoms with Gasteiger partial charge in [-0.3, -0.25) is 4.90 Å². The van der Waals surface area contributed by atoms with Gasteiger partial charge in [0.15, 0.2) is 0 Å². The third-order valence-electron chi connectivity index (χ3n) is 6.98. The molecule has 2 fully saturated rings. The van der Waals surface area contributed by atoms with Crippen molar-refractivity contribution in [3.63, 3.8) is 0 Å². The van der Waals surface area contributed by atoms with Crippen LogP contribution in [0.25, 0.3) is 11.3 Å². The van der Waals surface area contributed by atoms with E-state index in [0.717, 1.165) is 86.1 Å². The summed E-state index contributed by atoms with van der Waals surface area (Å²) in [6, 6.07) is 4.18. The molecular weight excluding hydrogens is 406 g/mol. The van der Waals surface area contributed by atoms with Crippen LogP contribution in [-0.2, 0) is 18.2 Å². The fourth-order valence-corrected chi connectivity index (χ4v) is 4.92. The number of nitrogens with one attached hydrogen (secondary N) is 1. The van der Waals surface area contributed by atoms with Crippen LogP contribution in [0, 0.1) is 0 Å². The van der Waals surface area contributed by atoms with Gasteiger partial charge in [-0.25, -0.2) is 9.78 Å². The predicted octanol–water partition coefficient (Wildman–Crippen LogP) is 3.34. The Bertz CT molecular complexity index is 994. The first kappa shape index (κ1) is 21.1. The van der Waals surface area contributed by atoms with Crippen molar-refractivity contribution in [2.45, 2.75) is 51.2 Å². The van der Waals surface area contributed by atoms with Crippen LogP contribution >= 0.6 is 0 Å². The summed E-state index contributed by atoms with van der Waals surface area (Å²) in [4.78, 5) is 21.7. The van der Waals surface area contributed by atoms with Gasteiger partial charge in [-0.15, -0.1) is 0 Å². The number of amides is 1. The molecule has 32 heavy (non-hydrogen) atoms. The fraction of sp³-hybridized carbons (Fsp3) is 0.583. The second kappa shape index (κ2) is 8.65. The smallest absolute Gasteiger partial charge is 0.414 e. The monoisotopic (exact) mass is 439 g/mol. The highest BCUT2D eigenvalue weighted by Gasteiger charge is 2.34. The number of methoxy groups -OCH3 is 1. The largest absolute Gasteiger partial charge is 0.489 e. The van der Waals surface area contributed by atoms with Crippen molar-refractivity contribution in [2.75, 3.05) is 43.1 Å². The lowest BCUT2D eigenvalue weighted by Gasteiger charge is -2.36. The molecule has 1 aromatic carbocycles. The van der Waals surface area contributed by atoms with E-state index in [0.29, 0.717) is 0 Å². The minimum atomic E-state index is -0.320. The van der Waals surface area contributed by atoms with Gasteiger partial charge in [0.25, 0.3) is 0 Å². The van der Waals surface area contributed by atoms with Crippen LogP contribution in [0.2, 0.25) is 0 Å². The molecule has 1 atom stereocenters. The highest BCUT2D eigenvalue weighted by atomic mass is 16.5. The molecule has 2 aliphatic heterocycles. The quantitative estimate of drug-likeness (QED) is 0.788. The molecule has 172 valence electrons. The number of carbonyl (C=O) groups excluding carboxylic acids is 1. The summed E-state index contributed by atoms with van der Waals surface area (Å²) >= 11 is 0. The molecular formula is C24H33N5O3. The standard InChI is InChI=1S/C24H33N5O3/c1-16-7-8-19-21(29(16)24(30)31-3)10-9-18(22(19)32-17-5-4-6-17)20-15-27(2)23(26-20)28-13-11-25-12-14-28/h9-10,15-17,25H,4-8,11-14H2,1-3H3. The zero-order chi connectivity index (χ0) is 22.2. The number of fused-ring (bicyclic) bond motifs is 1. The Morgan fingerprint density at radius 1 is 1.19 bits per heavy atom. The molecule has 1 aliphatic carbocycles. The van der Waals surface area contributed by atoms with E-state index in [-0.39, 0.29) is 18.2 Å². The van der Waals surface area contributed by atoms with E-state index in [1.54, 1.807) is 4.90 Å². The van der Waals surface area contributed by atoms with Crippen LogP contribution in [0.3, 0.4) is 0 Å². The Labute approximate surface area is 189 Å². The van der Waals surface area contributed by atoms with Gasteiger partial charge in [0.1, 0.15) is 5.75 Å². The lowest BCUT2D eigenvalue weighted by Crippen LogP contribution is -2.44. The summed E-state index contributed by atoms with van der Waals surface area (Å²) < 4.78 is 13.8. The molecule has 8 nitrogen and oxygen atoms in total. The lowest BCUT2D eigenvalue weighted by atomic mass is 9.92. The summed E-state index contributed by atoms with van der Waals surface area (Å²) in [7, 11) is 3.49. The minimum absolute atomic E-state index is 0.0894. The van der Waals surface area contributed by atoms with E-state index in [4.69, 9.17) is 14.5 Å². The van der Waals surface area contributed by atoms with E-state index < -0.39 is 0 Å². The molecule has 8 heteroatoms. The van der Waals surface area contributed by atoms with Gasteiger partial charge in [-0.1, -0.05) is 0 Å². The maximum Gasteiger partial charge on any atom is 0.414 e. The molecule has 0 bridgehead atoms. The maximum atomic E-state index is 12.6. The van der Waals surface area contributed by atoms with Crippen LogP contribution in [0.1, 0.15) is 38.2 Å². The number of ether oxygens (including phenoxy) is 2. The van der Waals surface area contributed by atoms with Crippen molar-refractivity contribution in [1.82, 2.24) is 14.9 Å². The zero-order valence-corrected chi connectivity index (χ0v) is 19.3. The highest BCUT2D eigenvalue weighted by molar-refractivity contribution is 5.92. The zero-order valence-electron chi connectivity index (χ0n) is 19.3. The van der Waals surface area contributed by atoms with Gasteiger partial charge in [0.05, 0.1) is 24.6 Å². The Morgan fingerprint density at radius 2 is 1.97 bits per heavy atom. The van der Waals surface area contributed by atoms with E-state index >= 15 is 0 Å². The number of imidazole rings is 1. The van der Waals surface area contributed by atoms with Crippen molar-refractivity contribution >= 4 is 17.7 Å². The molecule has 1 unspecified atom stereocenters. The summed E-state index contributed by atoms with van der Waals surface area (Å²) in [6.45, 7) is 5.91. The molecule has 3 heterocycles. The first-order valence-corrected chi connectivity index (χ1v) is 11.8. The van der Waals surface area contributed by atoms with Gasteiger partial charge < -0.3 is 24.3 Å². The number of hydrogen-bond donors (Lipinski definition) is 1. The number of benzene rings is 1. The number of aromatic nitrogens is 2. The normalized spacial score (nSPS) is 21.2. The van der Waals surface area contributed by atoms with Crippen molar-refractivity contribution in [3.8, 4) is 17.0 Å². The summed E-state index contributed by atoms with van der Waals surface area (Å²) in [5.74, 6) is 1.87. The van der Waals surface area contributed by atoms with Crippen molar-refractivity contribution in [2.24, 2.45) is 7.05 Å². The first-order chi connectivity index (χ1) is 15.6. The number of anilines is 2. The molecule has 1 amide bonds. The Hall–Kier alpha value is -2.74. The molecule has 0 spiro atoms. The Kier molecular flexibility index (Phi) is 5.71. The molecule has 1 saturated carbocycles. The second-order valence-corrected chi connectivity index (χ2v) is 9.11. The van der Waals surface area contributed by atoms with Gasteiger partial charge in [0, 0.05) is 56.6 Å². The van der Waals surface area contributed by atoms with E-state index in [9.17, 15) is 4.79 Å². The molecule has 3 aliphatic rings. The topological polar surface area (TPSA) is 71.9 Å². The molecule has 5 rings (SSSR count). The van der Waals surface area contributed by atoms with Gasteiger partial charge >= 0.3 is 6.09 Å². The highest BCUT2D eigenvalue weighted by Crippen LogP contribution is 2.44. The number of piperazine rings is 1. The Morgan fingerprint density at radius 3 is 2.66 bits per heavy atom. The number of nitrogens with zero attached hydrogens (tertiary/aromatic N) is 4. The molecule has 1 saturated heterocycles. The average Bonchev–Trinajstić information content (AvgIpc) is 3.17. The van der Waals surface area contributed by atoms with Crippen molar-refractivity contribution in [1.29, 1.82) is 0 Å². The van der Waals surface area contributed by atoms with E-state index in [2.05, 4.69) is 41.0 Å². The minimum Gasteiger partial charge on any atom is -0.489 e. The molecule has 1 N–H and O–H groups in total. The van der Waals surface area contributed by atoms with Crippen LogP contribution in [-0.4, -0.2) is 61.1 Å². The number of aryl methyl sites for hydroxylation is 1. The lowest BCUT2D eigenvalue weighted by molar-refractivity contribution is 0.119. The van der Waals surface area contributed by atoms with E-state index in [1.807, 2.05) is 6.07 Å². The number of hydrogen-bond acceptors (Lipinski definition) is 6.